The highest BCUT2D eigenvalue weighted by Gasteiger charge is 2.35. The van der Waals surface area contributed by atoms with Crippen molar-refractivity contribution in [3.63, 3.8) is 0 Å². The first-order chi connectivity index (χ1) is 10.4. The molecule has 1 heterocycles. The number of aliphatic hydroxyl groups excluding tert-OH is 1. The lowest BCUT2D eigenvalue weighted by Gasteiger charge is -2.35. The Morgan fingerprint density at radius 2 is 1.91 bits per heavy atom. The summed E-state index contributed by atoms with van der Waals surface area (Å²) in [5.74, 6) is -1.25. The Labute approximate surface area is 126 Å². The summed E-state index contributed by atoms with van der Waals surface area (Å²) in [6.45, 7) is 2.95. The molecule has 1 atom stereocenters. The SMILES string of the molecule is OCCC[C@@H](c1ccc(F)c(C(F)(F)F)c1)N1CCNCC1. The highest BCUT2D eigenvalue weighted by atomic mass is 19.4. The van der Waals surface area contributed by atoms with Gasteiger partial charge in [-0.2, -0.15) is 13.2 Å². The molecule has 3 nitrogen and oxygen atoms in total. The van der Waals surface area contributed by atoms with Gasteiger partial charge in [-0.1, -0.05) is 6.07 Å². The summed E-state index contributed by atoms with van der Waals surface area (Å²) in [5.41, 5.74) is -0.779. The Balaban J connectivity index is 2.30. The average Bonchev–Trinajstić information content (AvgIpc) is 2.49. The molecule has 0 radical (unpaired) electrons. The Hall–Kier alpha value is -1.18. The van der Waals surface area contributed by atoms with Crippen LogP contribution in [0, 0.1) is 5.82 Å². The normalized spacial score (nSPS) is 18.4. The van der Waals surface area contributed by atoms with Gasteiger partial charge in [0.2, 0.25) is 0 Å². The van der Waals surface area contributed by atoms with Crippen molar-refractivity contribution in [1.29, 1.82) is 0 Å². The number of alkyl halides is 3. The van der Waals surface area contributed by atoms with E-state index in [0.717, 1.165) is 38.3 Å². The van der Waals surface area contributed by atoms with Gasteiger partial charge >= 0.3 is 6.18 Å². The molecule has 0 bridgehead atoms. The lowest BCUT2D eigenvalue weighted by molar-refractivity contribution is -0.140. The summed E-state index contributed by atoms with van der Waals surface area (Å²) in [5, 5.41) is 12.2. The van der Waals surface area contributed by atoms with E-state index in [0.29, 0.717) is 18.4 Å². The maximum Gasteiger partial charge on any atom is 0.419 e. The number of hydrogen-bond donors (Lipinski definition) is 2. The van der Waals surface area contributed by atoms with Crippen LogP contribution in [0.25, 0.3) is 0 Å². The molecule has 0 aliphatic carbocycles. The minimum Gasteiger partial charge on any atom is -0.396 e. The van der Waals surface area contributed by atoms with Crippen LogP contribution in [0.3, 0.4) is 0 Å². The van der Waals surface area contributed by atoms with Crippen LogP contribution in [0.5, 0.6) is 0 Å². The van der Waals surface area contributed by atoms with Crippen molar-refractivity contribution in [2.45, 2.75) is 25.1 Å². The number of aliphatic hydroxyl groups is 1. The molecule has 0 amide bonds. The van der Waals surface area contributed by atoms with Crippen LogP contribution in [-0.4, -0.2) is 42.8 Å². The zero-order chi connectivity index (χ0) is 16.2. The average molecular weight is 320 g/mol. The Bertz CT molecular complexity index is 487. The number of benzene rings is 1. The van der Waals surface area contributed by atoms with E-state index in [4.69, 9.17) is 5.11 Å². The number of rotatable bonds is 5. The van der Waals surface area contributed by atoms with Gasteiger partial charge < -0.3 is 10.4 Å². The van der Waals surface area contributed by atoms with Crippen molar-refractivity contribution in [3.8, 4) is 0 Å². The molecule has 1 fully saturated rings. The molecule has 1 aliphatic heterocycles. The lowest BCUT2D eigenvalue weighted by atomic mass is 9.97. The van der Waals surface area contributed by atoms with Gasteiger partial charge in [0, 0.05) is 38.8 Å². The van der Waals surface area contributed by atoms with Gasteiger partial charge in [-0.3, -0.25) is 4.90 Å². The highest BCUT2D eigenvalue weighted by Crippen LogP contribution is 2.35. The molecule has 2 N–H and O–H groups in total. The zero-order valence-corrected chi connectivity index (χ0v) is 12.2. The number of piperazine rings is 1. The van der Waals surface area contributed by atoms with E-state index in [2.05, 4.69) is 10.2 Å². The van der Waals surface area contributed by atoms with Crippen molar-refractivity contribution in [1.82, 2.24) is 10.2 Å². The minimum absolute atomic E-state index is 0.0179. The molecule has 1 aromatic rings. The second-order valence-corrected chi connectivity index (χ2v) is 5.40. The van der Waals surface area contributed by atoms with Crippen LogP contribution in [0.2, 0.25) is 0 Å². The molecule has 0 saturated carbocycles. The molecular weight excluding hydrogens is 300 g/mol. The number of halogens is 4. The Morgan fingerprint density at radius 3 is 2.50 bits per heavy atom. The molecule has 1 saturated heterocycles. The zero-order valence-electron chi connectivity index (χ0n) is 12.2. The van der Waals surface area contributed by atoms with Gasteiger partial charge in [-0.15, -0.1) is 0 Å². The van der Waals surface area contributed by atoms with Gasteiger partial charge in [0.1, 0.15) is 5.82 Å². The van der Waals surface area contributed by atoms with Crippen LogP contribution in [-0.2, 0) is 6.18 Å². The van der Waals surface area contributed by atoms with Gasteiger partial charge in [0.25, 0.3) is 0 Å². The Kier molecular flexibility index (Phi) is 5.77. The molecule has 0 aromatic heterocycles. The van der Waals surface area contributed by atoms with Crippen molar-refractivity contribution in [2.75, 3.05) is 32.8 Å². The molecule has 124 valence electrons. The number of nitrogens with one attached hydrogen (secondary N) is 1. The highest BCUT2D eigenvalue weighted by molar-refractivity contribution is 5.29. The third-order valence-electron chi connectivity index (χ3n) is 3.91. The van der Waals surface area contributed by atoms with E-state index in [9.17, 15) is 17.6 Å². The van der Waals surface area contributed by atoms with Gasteiger partial charge in [-0.05, 0) is 30.5 Å². The van der Waals surface area contributed by atoms with Crippen LogP contribution >= 0.6 is 0 Å². The van der Waals surface area contributed by atoms with Crippen LogP contribution < -0.4 is 5.32 Å². The van der Waals surface area contributed by atoms with Crippen LogP contribution in [0.4, 0.5) is 17.6 Å². The van der Waals surface area contributed by atoms with E-state index < -0.39 is 17.6 Å². The second-order valence-electron chi connectivity index (χ2n) is 5.40. The van der Waals surface area contributed by atoms with Crippen LogP contribution in [0.15, 0.2) is 18.2 Å². The molecule has 22 heavy (non-hydrogen) atoms. The summed E-state index contributed by atoms with van der Waals surface area (Å²) in [6, 6.07) is 2.95. The third kappa shape index (κ3) is 4.18. The van der Waals surface area contributed by atoms with E-state index in [1.54, 1.807) is 0 Å². The van der Waals surface area contributed by atoms with Crippen molar-refractivity contribution in [2.24, 2.45) is 0 Å². The molecule has 1 aromatic carbocycles. The fraction of sp³-hybridized carbons (Fsp3) is 0.600. The van der Waals surface area contributed by atoms with Gasteiger partial charge in [0.15, 0.2) is 0 Å². The topological polar surface area (TPSA) is 35.5 Å². The predicted octanol–water partition coefficient (Wildman–Crippen LogP) is 2.56. The number of hydrogen-bond acceptors (Lipinski definition) is 3. The van der Waals surface area contributed by atoms with E-state index >= 15 is 0 Å². The monoisotopic (exact) mass is 320 g/mol. The van der Waals surface area contributed by atoms with Gasteiger partial charge in [0.05, 0.1) is 5.56 Å². The third-order valence-corrected chi connectivity index (χ3v) is 3.91. The summed E-state index contributed by atoms with van der Waals surface area (Å²) in [7, 11) is 0. The van der Waals surface area contributed by atoms with Crippen molar-refractivity contribution < 1.29 is 22.7 Å². The van der Waals surface area contributed by atoms with Crippen LogP contribution in [0.1, 0.15) is 30.0 Å². The maximum atomic E-state index is 13.4. The fourth-order valence-corrected chi connectivity index (χ4v) is 2.81. The van der Waals surface area contributed by atoms with Gasteiger partial charge in [-0.25, -0.2) is 4.39 Å². The summed E-state index contributed by atoms with van der Waals surface area (Å²) in [6.07, 6.45) is -3.67. The standard InChI is InChI=1S/C15H20F4N2O/c16-13-4-3-11(10-12(13)15(17,18)19)14(2-1-9-22)21-7-5-20-6-8-21/h3-4,10,14,20,22H,1-2,5-9H2/t14-/m0/s1. The van der Waals surface area contributed by atoms with E-state index in [1.165, 1.54) is 6.07 Å². The fourth-order valence-electron chi connectivity index (χ4n) is 2.81. The first-order valence-corrected chi connectivity index (χ1v) is 7.35. The second kappa shape index (κ2) is 7.39. The number of nitrogens with zero attached hydrogens (tertiary/aromatic N) is 1. The minimum atomic E-state index is -4.70. The molecule has 2 rings (SSSR count). The molecule has 1 aliphatic rings. The van der Waals surface area contributed by atoms with Crippen molar-refractivity contribution in [3.05, 3.63) is 35.1 Å². The smallest absolute Gasteiger partial charge is 0.396 e. The molecule has 7 heteroatoms. The molecular formula is C15H20F4N2O. The first kappa shape index (κ1) is 17.2. The predicted molar refractivity (Wildman–Crippen MR) is 74.9 cm³/mol. The van der Waals surface area contributed by atoms with E-state index in [-0.39, 0.29) is 12.6 Å². The largest absolute Gasteiger partial charge is 0.419 e. The maximum absolute atomic E-state index is 13.4. The molecule has 0 spiro atoms. The summed E-state index contributed by atoms with van der Waals surface area (Å²) >= 11 is 0. The first-order valence-electron chi connectivity index (χ1n) is 7.35. The van der Waals surface area contributed by atoms with E-state index in [1.807, 2.05) is 0 Å². The quantitative estimate of drug-likeness (QED) is 0.819. The Morgan fingerprint density at radius 1 is 1.23 bits per heavy atom. The molecule has 0 unspecified atom stereocenters. The van der Waals surface area contributed by atoms with Crippen molar-refractivity contribution >= 4 is 0 Å². The summed E-state index contributed by atoms with van der Waals surface area (Å²) < 4.78 is 52.1. The lowest BCUT2D eigenvalue weighted by Crippen LogP contribution is -2.45. The summed E-state index contributed by atoms with van der Waals surface area (Å²) in [4.78, 5) is 2.08.